The maximum absolute atomic E-state index is 12.6. The minimum Gasteiger partial charge on any atom is -0.462 e. The summed E-state index contributed by atoms with van der Waals surface area (Å²) in [6.45, 7) is 8.82. The van der Waals surface area contributed by atoms with Gasteiger partial charge in [0.05, 0.1) is 25.3 Å². The summed E-state index contributed by atoms with van der Waals surface area (Å²) in [5.41, 5.74) is 1.63. The zero-order valence-corrected chi connectivity index (χ0v) is 17.6. The zero-order chi connectivity index (χ0) is 20.1. The second-order valence-corrected chi connectivity index (χ2v) is 8.77. The molecular weight excluding hydrogens is 378 g/mol. The highest BCUT2D eigenvalue weighted by Gasteiger charge is 2.29. The molecule has 1 aromatic heterocycles. The van der Waals surface area contributed by atoms with Crippen molar-refractivity contribution in [1.29, 1.82) is 0 Å². The van der Waals surface area contributed by atoms with Crippen LogP contribution in [-0.4, -0.2) is 79.3 Å². The molecule has 28 heavy (non-hydrogen) atoms. The summed E-state index contributed by atoms with van der Waals surface area (Å²) in [6.07, 6.45) is 2.88. The third-order valence-corrected chi connectivity index (χ3v) is 6.66. The van der Waals surface area contributed by atoms with Crippen LogP contribution in [0, 0.1) is 5.92 Å². The molecule has 1 aliphatic carbocycles. The Morgan fingerprint density at radius 1 is 1.25 bits per heavy atom. The van der Waals surface area contributed by atoms with Crippen molar-refractivity contribution >= 4 is 28.2 Å². The molecule has 2 heterocycles. The molecule has 3 rings (SSSR count). The number of anilines is 1. The van der Waals surface area contributed by atoms with Crippen LogP contribution >= 0.6 is 11.3 Å². The lowest BCUT2D eigenvalue weighted by Gasteiger charge is -2.33. The predicted molar refractivity (Wildman–Crippen MR) is 110 cm³/mol. The molecule has 1 aromatic rings. The molecule has 1 atom stereocenters. The molecule has 8 heteroatoms. The summed E-state index contributed by atoms with van der Waals surface area (Å²) in [6, 6.07) is 0. The topological polar surface area (TPSA) is 82.1 Å². The van der Waals surface area contributed by atoms with Gasteiger partial charge in [0, 0.05) is 37.6 Å². The number of piperazine rings is 1. The average molecular weight is 410 g/mol. The van der Waals surface area contributed by atoms with E-state index in [4.69, 9.17) is 9.84 Å². The van der Waals surface area contributed by atoms with Gasteiger partial charge in [0.1, 0.15) is 5.00 Å². The van der Waals surface area contributed by atoms with E-state index in [0.29, 0.717) is 36.2 Å². The first kappa shape index (κ1) is 21.2. The zero-order valence-electron chi connectivity index (χ0n) is 16.8. The van der Waals surface area contributed by atoms with E-state index in [1.807, 2.05) is 0 Å². The molecule has 2 N–H and O–H groups in total. The Morgan fingerprint density at radius 2 is 1.96 bits per heavy atom. The molecule has 7 nitrogen and oxygen atoms in total. The molecule has 1 aliphatic heterocycles. The fourth-order valence-corrected chi connectivity index (χ4v) is 5.35. The largest absolute Gasteiger partial charge is 0.462 e. The number of rotatable bonds is 7. The summed E-state index contributed by atoms with van der Waals surface area (Å²) < 4.78 is 5.27. The van der Waals surface area contributed by atoms with E-state index in [2.05, 4.69) is 22.0 Å². The van der Waals surface area contributed by atoms with E-state index in [1.54, 1.807) is 6.92 Å². The van der Waals surface area contributed by atoms with Crippen molar-refractivity contribution in [2.75, 3.05) is 57.8 Å². The first-order valence-electron chi connectivity index (χ1n) is 10.2. The molecule has 0 aromatic carbocycles. The summed E-state index contributed by atoms with van der Waals surface area (Å²) in [5.74, 6) is 0.176. The van der Waals surface area contributed by atoms with Gasteiger partial charge >= 0.3 is 5.97 Å². The number of carbonyl (C=O) groups excluding carboxylic acids is 2. The Hall–Kier alpha value is -1.48. The van der Waals surface area contributed by atoms with Crippen LogP contribution in [0.15, 0.2) is 0 Å². The highest BCUT2D eigenvalue weighted by atomic mass is 32.1. The number of β-amino-alcohol motifs (C(OH)–C–C–N with tert-alkyl or cyclic N) is 1. The van der Waals surface area contributed by atoms with Crippen molar-refractivity contribution in [2.45, 2.75) is 33.1 Å². The fraction of sp³-hybridized carbons (Fsp3) is 0.700. The minimum atomic E-state index is -0.331. The van der Waals surface area contributed by atoms with E-state index in [9.17, 15) is 9.59 Å². The number of aliphatic hydroxyl groups is 1. The lowest BCUT2D eigenvalue weighted by molar-refractivity contribution is -0.117. The summed E-state index contributed by atoms with van der Waals surface area (Å²) in [5, 5.41) is 12.7. The number of fused-ring (bicyclic) bond motifs is 1. The van der Waals surface area contributed by atoms with Crippen molar-refractivity contribution in [1.82, 2.24) is 9.80 Å². The molecule has 0 radical (unpaired) electrons. The number of esters is 1. The number of carbonyl (C=O) groups is 2. The van der Waals surface area contributed by atoms with Crippen LogP contribution in [0.1, 0.15) is 41.1 Å². The number of amides is 1. The fourth-order valence-electron chi connectivity index (χ4n) is 3.94. The number of thiophene rings is 1. The van der Waals surface area contributed by atoms with E-state index in [1.165, 1.54) is 16.2 Å². The van der Waals surface area contributed by atoms with Gasteiger partial charge in [-0.1, -0.05) is 6.92 Å². The molecule has 0 saturated carbocycles. The molecule has 1 saturated heterocycles. The lowest BCUT2D eigenvalue weighted by atomic mass is 9.88. The van der Waals surface area contributed by atoms with Gasteiger partial charge in [-0.25, -0.2) is 4.79 Å². The third kappa shape index (κ3) is 5.11. The van der Waals surface area contributed by atoms with Crippen LogP contribution in [0.25, 0.3) is 0 Å². The lowest BCUT2D eigenvalue weighted by Crippen LogP contribution is -2.49. The molecule has 1 unspecified atom stereocenters. The van der Waals surface area contributed by atoms with Crippen LogP contribution in [0.5, 0.6) is 0 Å². The van der Waals surface area contributed by atoms with Crippen LogP contribution < -0.4 is 5.32 Å². The van der Waals surface area contributed by atoms with E-state index < -0.39 is 0 Å². The SMILES string of the molecule is CCOC(=O)c1c(NC(=O)CN2CCN(CCO)CC2)sc2c1CCC(C)C2. The van der Waals surface area contributed by atoms with Crippen molar-refractivity contribution in [3.05, 3.63) is 16.0 Å². The number of nitrogens with zero attached hydrogens (tertiary/aromatic N) is 2. The van der Waals surface area contributed by atoms with Gasteiger partial charge in [-0.2, -0.15) is 0 Å². The molecular formula is C20H31N3O4S. The summed E-state index contributed by atoms with van der Waals surface area (Å²) in [4.78, 5) is 30.7. The van der Waals surface area contributed by atoms with Gasteiger partial charge in [-0.3, -0.25) is 14.6 Å². The Morgan fingerprint density at radius 3 is 2.64 bits per heavy atom. The predicted octanol–water partition coefficient (Wildman–Crippen LogP) is 1.60. The standard InChI is InChI=1S/C20H31N3O4S/c1-3-27-20(26)18-15-5-4-14(2)12-16(15)28-19(18)21-17(25)13-23-8-6-22(7-9-23)10-11-24/h14,24H,3-13H2,1-2H3,(H,21,25). The Kier molecular flexibility index (Phi) is 7.45. The molecule has 1 fully saturated rings. The van der Waals surface area contributed by atoms with Gasteiger partial charge in [-0.15, -0.1) is 11.3 Å². The molecule has 1 amide bonds. The van der Waals surface area contributed by atoms with Gasteiger partial charge in [0.2, 0.25) is 5.91 Å². The molecule has 0 bridgehead atoms. The van der Waals surface area contributed by atoms with Crippen LogP contribution in [-0.2, 0) is 22.4 Å². The number of hydrogen-bond acceptors (Lipinski definition) is 7. The third-order valence-electron chi connectivity index (χ3n) is 5.49. The Bertz CT molecular complexity index is 698. The summed E-state index contributed by atoms with van der Waals surface area (Å²) in [7, 11) is 0. The average Bonchev–Trinajstić information content (AvgIpc) is 3.00. The number of aliphatic hydroxyl groups excluding tert-OH is 1. The first-order valence-corrected chi connectivity index (χ1v) is 11.0. The molecule has 2 aliphatic rings. The van der Waals surface area contributed by atoms with Crippen molar-refractivity contribution in [2.24, 2.45) is 5.92 Å². The molecule has 0 spiro atoms. The second-order valence-electron chi connectivity index (χ2n) is 7.67. The molecule has 156 valence electrons. The van der Waals surface area contributed by atoms with E-state index in [-0.39, 0.29) is 18.5 Å². The highest BCUT2D eigenvalue weighted by Crippen LogP contribution is 2.40. The normalized spacial score (nSPS) is 20.6. The van der Waals surface area contributed by atoms with Crippen molar-refractivity contribution < 1.29 is 19.4 Å². The van der Waals surface area contributed by atoms with Gasteiger partial charge in [0.15, 0.2) is 0 Å². The number of ether oxygens (including phenoxy) is 1. The van der Waals surface area contributed by atoms with Gasteiger partial charge in [-0.05, 0) is 37.7 Å². The van der Waals surface area contributed by atoms with Crippen LogP contribution in [0.4, 0.5) is 5.00 Å². The number of hydrogen-bond donors (Lipinski definition) is 2. The second kappa shape index (κ2) is 9.82. The summed E-state index contributed by atoms with van der Waals surface area (Å²) >= 11 is 1.53. The first-order chi connectivity index (χ1) is 13.5. The van der Waals surface area contributed by atoms with Gasteiger partial charge in [0.25, 0.3) is 0 Å². The quantitative estimate of drug-likeness (QED) is 0.666. The maximum Gasteiger partial charge on any atom is 0.341 e. The Balaban J connectivity index is 1.66. The Labute approximate surface area is 170 Å². The van der Waals surface area contributed by atoms with E-state index >= 15 is 0 Å². The van der Waals surface area contributed by atoms with Crippen LogP contribution in [0.2, 0.25) is 0 Å². The monoisotopic (exact) mass is 409 g/mol. The number of nitrogens with one attached hydrogen (secondary N) is 1. The highest BCUT2D eigenvalue weighted by molar-refractivity contribution is 7.17. The maximum atomic E-state index is 12.6. The van der Waals surface area contributed by atoms with Crippen LogP contribution in [0.3, 0.4) is 0 Å². The smallest absolute Gasteiger partial charge is 0.341 e. The van der Waals surface area contributed by atoms with E-state index in [0.717, 1.165) is 51.0 Å². The van der Waals surface area contributed by atoms with Crippen molar-refractivity contribution in [3.8, 4) is 0 Å². The van der Waals surface area contributed by atoms with Crippen molar-refractivity contribution in [3.63, 3.8) is 0 Å². The van der Waals surface area contributed by atoms with Gasteiger partial charge < -0.3 is 15.2 Å². The minimum absolute atomic E-state index is 0.0900.